The third-order valence-corrected chi connectivity index (χ3v) is 2.51. The third-order valence-electron chi connectivity index (χ3n) is 2.51. The highest BCUT2D eigenvalue weighted by atomic mass is 16.1. The highest BCUT2D eigenvalue weighted by Gasteiger charge is 2.05. The predicted molar refractivity (Wildman–Crippen MR) is 62.1 cm³/mol. The van der Waals surface area contributed by atoms with Gasteiger partial charge in [-0.25, -0.2) is 4.98 Å². The molecule has 1 heterocycles. The Bertz CT molecular complexity index is 474. The molecule has 0 saturated heterocycles. The molecule has 0 fully saturated rings. The van der Waals surface area contributed by atoms with E-state index in [1.807, 2.05) is 48.0 Å². The van der Waals surface area contributed by atoms with E-state index in [4.69, 9.17) is 0 Å². The van der Waals surface area contributed by atoms with Crippen molar-refractivity contribution in [3.8, 4) is 0 Å². The number of carbonyl (C=O) groups is 1. The van der Waals surface area contributed by atoms with Crippen molar-refractivity contribution in [1.29, 1.82) is 0 Å². The van der Waals surface area contributed by atoms with Gasteiger partial charge in [0.2, 0.25) is 0 Å². The van der Waals surface area contributed by atoms with Gasteiger partial charge in [0, 0.05) is 18.8 Å². The maximum atomic E-state index is 11.8. The SMILES string of the molecule is Cc1nccn1CC(=O)Cc1ccccc1. The lowest BCUT2D eigenvalue weighted by Crippen LogP contribution is -2.12. The van der Waals surface area contributed by atoms with Gasteiger partial charge in [-0.3, -0.25) is 4.79 Å². The quantitative estimate of drug-likeness (QED) is 0.780. The van der Waals surface area contributed by atoms with E-state index in [1.165, 1.54) is 0 Å². The number of aromatic nitrogens is 2. The van der Waals surface area contributed by atoms with E-state index in [0.717, 1.165) is 11.4 Å². The predicted octanol–water partition coefficient (Wildman–Crippen LogP) is 2.00. The van der Waals surface area contributed by atoms with E-state index in [-0.39, 0.29) is 5.78 Å². The Kier molecular flexibility index (Phi) is 3.15. The van der Waals surface area contributed by atoms with Crippen LogP contribution in [0.15, 0.2) is 42.7 Å². The van der Waals surface area contributed by atoms with Crippen molar-refractivity contribution in [1.82, 2.24) is 9.55 Å². The molecule has 3 heteroatoms. The highest BCUT2D eigenvalue weighted by Crippen LogP contribution is 2.02. The van der Waals surface area contributed by atoms with Crippen LogP contribution in [0.25, 0.3) is 0 Å². The Hall–Kier alpha value is -1.90. The van der Waals surface area contributed by atoms with E-state index >= 15 is 0 Å². The summed E-state index contributed by atoms with van der Waals surface area (Å²) in [6.07, 6.45) is 4.03. The molecule has 16 heavy (non-hydrogen) atoms. The molecule has 0 aliphatic rings. The van der Waals surface area contributed by atoms with E-state index in [1.54, 1.807) is 6.20 Å². The molecule has 0 spiro atoms. The standard InChI is InChI=1S/C13H14N2O/c1-11-14-7-8-15(11)10-13(16)9-12-5-3-2-4-6-12/h2-8H,9-10H2,1H3. The van der Waals surface area contributed by atoms with Crippen LogP contribution in [0.5, 0.6) is 0 Å². The van der Waals surface area contributed by atoms with E-state index in [2.05, 4.69) is 4.98 Å². The number of aryl methyl sites for hydroxylation is 1. The Balaban J connectivity index is 1.98. The number of imidazole rings is 1. The summed E-state index contributed by atoms with van der Waals surface area (Å²) in [6.45, 7) is 2.30. The van der Waals surface area contributed by atoms with Gasteiger partial charge in [-0.1, -0.05) is 30.3 Å². The smallest absolute Gasteiger partial charge is 0.156 e. The third kappa shape index (κ3) is 2.57. The molecule has 0 atom stereocenters. The zero-order chi connectivity index (χ0) is 11.4. The van der Waals surface area contributed by atoms with Crippen molar-refractivity contribution in [2.75, 3.05) is 0 Å². The van der Waals surface area contributed by atoms with Gasteiger partial charge < -0.3 is 4.57 Å². The van der Waals surface area contributed by atoms with Gasteiger partial charge in [-0.05, 0) is 12.5 Å². The topological polar surface area (TPSA) is 34.9 Å². The summed E-state index contributed by atoms with van der Waals surface area (Å²) in [5, 5.41) is 0. The fraction of sp³-hybridized carbons (Fsp3) is 0.231. The average Bonchev–Trinajstić information content (AvgIpc) is 2.66. The molecule has 2 aromatic rings. The lowest BCUT2D eigenvalue weighted by molar-refractivity contribution is -0.119. The zero-order valence-electron chi connectivity index (χ0n) is 9.26. The molecule has 0 amide bonds. The summed E-state index contributed by atoms with van der Waals surface area (Å²) in [5.41, 5.74) is 1.06. The van der Waals surface area contributed by atoms with Gasteiger partial charge in [0.05, 0.1) is 6.54 Å². The van der Waals surface area contributed by atoms with Gasteiger partial charge in [0.15, 0.2) is 5.78 Å². The minimum Gasteiger partial charge on any atom is -0.328 e. The Morgan fingerprint density at radius 3 is 2.69 bits per heavy atom. The molecule has 0 N–H and O–H groups in total. The number of rotatable bonds is 4. The van der Waals surface area contributed by atoms with Gasteiger partial charge in [0.25, 0.3) is 0 Å². The maximum absolute atomic E-state index is 11.8. The van der Waals surface area contributed by atoms with Crippen LogP contribution in [-0.2, 0) is 17.8 Å². The molecule has 0 bridgehead atoms. The fourth-order valence-electron chi connectivity index (χ4n) is 1.64. The first-order valence-electron chi connectivity index (χ1n) is 5.29. The summed E-state index contributed by atoms with van der Waals surface area (Å²) >= 11 is 0. The highest BCUT2D eigenvalue weighted by molar-refractivity contribution is 5.80. The van der Waals surface area contributed by atoms with Crippen molar-refractivity contribution in [3.05, 3.63) is 54.1 Å². The molecule has 2 rings (SSSR count). The molecule has 0 aliphatic heterocycles. The molecule has 1 aromatic carbocycles. The normalized spacial score (nSPS) is 10.3. The molecular formula is C13H14N2O. The monoisotopic (exact) mass is 214 g/mol. The minimum absolute atomic E-state index is 0.201. The number of hydrogen-bond donors (Lipinski definition) is 0. The molecular weight excluding hydrogens is 200 g/mol. The number of benzene rings is 1. The number of ketones is 1. The fourth-order valence-corrected chi connectivity index (χ4v) is 1.64. The minimum atomic E-state index is 0.201. The lowest BCUT2D eigenvalue weighted by atomic mass is 10.1. The summed E-state index contributed by atoms with van der Waals surface area (Å²) in [4.78, 5) is 15.9. The van der Waals surface area contributed by atoms with Crippen LogP contribution in [0.1, 0.15) is 11.4 Å². The van der Waals surface area contributed by atoms with Crippen LogP contribution >= 0.6 is 0 Å². The maximum Gasteiger partial charge on any atom is 0.156 e. The van der Waals surface area contributed by atoms with Crippen molar-refractivity contribution < 1.29 is 4.79 Å². The molecule has 0 radical (unpaired) electrons. The first-order chi connectivity index (χ1) is 7.75. The van der Waals surface area contributed by atoms with Crippen molar-refractivity contribution in [2.45, 2.75) is 19.9 Å². The number of hydrogen-bond acceptors (Lipinski definition) is 2. The largest absolute Gasteiger partial charge is 0.328 e. The van der Waals surface area contributed by atoms with Crippen molar-refractivity contribution in [3.63, 3.8) is 0 Å². The van der Waals surface area contributed by atoms with E-state index in [9.17, 15) is 4.79 Å². The first-order valence-corrected chi connectivity index (χ1v) is 5.29. The molecule has 0 unspecified atom stereocenters. The van der Waals surface area contributed by atoms with Gasteiger partial charge in [0.1, 0.15) is 5.82 Å². The number of nitrogens with zero attached hydrogens (tertiary/aromatic N) is 2. The second-order valence-corrected chi connectivity index (χ2v) is 3.80. The molecule has 0 saturated carbocycles. The molecule has 0 aliphatic carbocycles. The lowest BCUT2D eigenvalue weighted by Gasteiger charge is -2.04. The van der Waals surface area contributed by atoms with E-state index in [0.29, 0.717) is 13.0 Å². The Morgan fingerprint density at radius 1 is 1.31 bits per heavy atom. The number of Topliss-reactive ketones (excluding diaryl/α,β-unsaturated/α-hetero) is 1. The second kappa shape index (κ2) is 4.75. The Labute approximate surface area is 94.7 Å². The van der Waals surface area contributed by atoms with Gasteiger partial charge in [-0.2, -0.15) is 0 Å². The first kappa shape index (κ1) is 10.6. The van der Waals surface area contributed by atoms with Crippen molar-refractivity contribution in [2.24, 2.45) is 0 Å². The zero-order valence-corrected chi connectivity index (χ0v) is 9.26. The number of carbonyl (C=O) groups excluding carboxylic acids is 1. The van der Waals surface area contributed by atoms with Crippen LogP contribution in [0, 0.1) is 6.92 Å². The van der Waals surface area contributed by atoms with Crippen LogP contribution < -0.4 is 0 Å². The molecule has 3 nitrogen and oxygen atoms in total. The average molecular weight is 214 g/mol. The van der Waals surface area contributed by atoms with Crippen molar-refractivity contribution >= 4 is 5.78 Å². The summed E-state index contributed by atoms with van der Waals surface area (Å²) in [5.74, 6) is 1.08. The van der Waals surface area contributed by atoms with Gasteiger partial charge >= 0.3 is 0 Å². The molecule has 82 valence electrons. The van der Waals surface area contributed by atoms with Gasteiger partial charge in [-0.15, -0.1) is 0 Å². The van der Waals surface area contributed by atoms with Crippen LogP contribution in [0.3, 0.4) is 0 Å². The molecule has 1 aromatic heterocycles. The second-order valence-electron chi connectivity index (χ2n) is 3.80. The van der Waals surface area contributed by atoms with Crippen LogP contribution in [-0.4, -0.2) is 15.3 Å². The summed E-state index contributed by atoms with van der Waals surface area (Å²) in [6, 6.07) is 9.79. The van der Waals surface area contributed by atoms with Crippen LogP contribution in [0.4, 0.5) is 0 Å². The summed E-state index contributed by atoms with van der Waals surface area (Å²) in [7, 11) is 0. The summed E-state index contributed by atoms with van der Waals surface area (Å²) < 4.78 is 1.87. The Morgan fingerprint density at radius 2 is 2.06 bits per heavy atom. The van der Waals surface area contributed by atoms with Crippen LogP contribution in [0.2, 0.25) is 0 Å². The van der Waals surface area contributed by atoms with E-state index < -0.39 is 0 Å².